The van der Waals surface area contributed by atoms with Crippen LogP contribution in [-0.2, 0) is 9.53 Å². The molecule has 2 aromatic carbocycles. The van der Waals surface area contributed by atoms with E-state index in [0.29, 0.717) is 24.8 Å². The Morgan fingerprint density at radius 3 is 2.47 bits per heavy atom. The second kappa shape index (κ2) is 10.6. The van der Waals surface area contributed by atoms with Gasteiger partial charge in [-0.15, -0.1) is 0 Å². The van der Waals surface area contributed by atoms with E-state index in [9.17, 15) is 15.0 Å². The molecule has 1 aliphatic heterocycles. The summed E-state index contributed by atoms with van der Waals surface area (Å²) in [5.41, 5.74) is 2.79. The van der Waals surface area contributed by atoms with Crippen molar-refractivity contribution in [2.24, 2.45) is 0 Å². The molecule has 0 aromatic heterocycles. The lowest BCUT2D eigenvalue weighted by Gasteiger charge is -2.40. The Morgan fingerprint density at radius 1 is 1.22 bits per heavy atom. The molecule has 2 aromatic rings. The second-order valence-electron chi connectivity index (χ2n) is 9.19. The van der Waals surface area contributed by atoms with Crippen LogP contribution in [0.1, 0.15) is 51.5 Å². The van der Waals surface area contributed by atoms with Gasteiger partial charge in [0.2, 0.25) is 0 Å². The molecule has 3 rings (SSSR count). The Hall–Kier alpha value is -2.28. The van der Waals surface area contributed by atoms with Gasteiger partial charge in [-0.3, -0.25) is 4.79 Å². The first-order chi connectivity index (χ1) is 15.1. The third-order valence-corrected chi connectivity index (χ3v) is 5.94. The third kappa shape index (κ3) is 6.86. The summed E-state index contributed by atoms with van der Waals surface area (Å²) < 4.78 is 5.57. The molecule has 3 N–H and O–H groups in total. The summed E-state index contributed by atoms with van der Waals surface area (Å²) in [5.74, 6) is -0.946. The molecule has 1 fully saturated rings. The van der Waals surface area contributed by atoms with Crippen molar-refractivity contribution in [2.45, 2.75) is 57.6 Å². The van der Waals surface area contributed by atoms with Gasteiger partial charge in [-0.05, 0) is 74.6 Å². The molecule has 7 heteroatoms. The minimum absolute atomic E-state index is 0.0626. The van der Waals surface area contributed by atoms with Crippen LogP contribution in [-0.4, -0.2) is 47.6 Å². The molecule has 0 spiro atoms. The van der Waals surface area contributed by atoms with Gasteiger partial charge < -0.3 is 25.2 Å². The minimum atomic E-state index is -0.884. The molecule has 1 aliphatic rings. The molecule has 0 aliphatic carbocycles. The van der Waals surface area contributed by atoms with Crippen molar-refractivity contribution in [1.82, 2.24) is 0 Å². The number of hydrogen-bond donors (Lipinski definition) is 3. The predicted molar refractivity (Wildman–Crippen MR) is 129 cm³/mol. The molecule has 1 saturated heterocycles. The fourth-order valence-electron chi connectivity index (χ4n) is 4.10. The lowest BCUT2D eigenvalue weighted by molar-refractivity contribution is -0.137. The highest BCUT2D eigenvalue weighted by Crippen LogP contribution is 2.36. The van der Waals surface area contributed by atoms with Crippen molar-refractivity contribution in [3.8, 4) is 0 Å². The van der Waals surface area contributed by atoms with Crippen molar-refractivity contribution < 1.29 is 19.7 Å². The van der Waals surface area contributed by atoms with Crippen LogP contribution in [0.15, 0.2) is 42.5 Å². The van der Waals surface area contributed by atoms with Gasteiger partial charge in [0.15, 0.2) is 0 Å². The summed E-state index contributed by atoms with van der Waals surface area (Å²) in [6, 6.07) is 13.8. The molecular formula is C25H33ClN2O4. The number of anilines is 3. The number of benzene rings is 2. The van der Waals surface area contributed by atoms with Gasteiger partial charge in [0.25, 0.3) is 0 Å². The molecule has 1 atom stereocenters. The van der Waals surface area contributed by atoms with E-state index in [1.807, 2.05) is 63.2 Å². The molecular weight excluding hydrogens is 428 g/mol. The summed E-state index contributed by atoms with van der Waals surface area (Å²) in [7, 11) is 0. The molecule has 0 amide bonds. The van der Waals surface area contributed by atoms with Crippen LogP contribution in [0.25, 0.3) is 0 Å². The van der Waals surface area contributed by atoms with Crippen molar-refractivity contribution in [2.75, 3.05) is 30.0 Å². The Balaban J connectivity index is 2.03. The van der Waals surface area contributed by atoms with Crippen LogP contribution in [0.5, 0.6) is 0 Å². The molecule has 174 valence electrons. The standard InChI is InChI=1S/C25H33ClN2O4/c1-17(14-24(29)30)18-4-9-23(22(15-18)27-20-7-5-19(26)6-8-20)28(16-25(2,3)31)21-10-12-32-13-11-21/h4-9,15,17,21,27,31H,10-14,16H2,1-3H3,(H,29,30). The monoisotopic (exact) mass is 460 g/mol. The molecule has 0 radical (unpaired) electrons. The van der Waals surface area contributed by atoms with E-state index in [4.69, 9.17) is 16.3 Å². The Bertz CT molecular complexity index is 905. The average Bonchev–Trinajstić information content (AvgIpc) is 2.73. The second-order valence-corrected chi connectivity index (χ2v) is 9.63. The number of carbonyl (C=O) groups is 1. The summed E-state index contributed by atoms with van der Waals surface area (Å²) >= 11 is 6.05. The fourth-order valence-corrected chi connectivity index (χ4v) is 4.23. The molecule has 32 heavy (non-hydrogen) atoms. The quantitative estimate of drug-likeness (QED) is 0.463. The molecule has 6 nitrogen and oxygen atoms in total. The van der Waals surface area contributed by atoms with E-state index in [-0.39, 0.29) is 18.4 Å². The third-order valence-electron chi connectivity index (χ3n) is 5.69. The Kier molecular flexibility index (Phi) is 8.04. The Morgan fingerprint density at radius 2 is 1.88 bits per heavy atom. The lowest BCUT2D eigenvalue weighted by atomic mass is 9.95. The average molecular weight is 461 g/mol. The number of aliphatic carboxylic acids is 1. The van der Waals surface area contributed by atoms with Crippen molar-refractivity contribution in [3.05, 3.63) is 53.1 Å². The van der Waals surface area contributed by atoms with Crippen molar-refractivity contribution >= 4 is 34.6 Å². The number of hydrogen-bond acceptors (Lipinski definition) is 5. The number of halogens is 1. The summed E-state index contributed by atoms with van der Waals surface area (Å²) in [6.07, 6.45) is 1.83. The number of nitrogens with zero attached hydrogens (tertiary/aromatic N) is 1. The maximum Gasteiger partial charge on any atom is 0.303 e. The smallest absolute Gasteiger partial charge is 0.303 e. The van der Waals surface area contributed by atoms with Gasteiger partial charge in [0.05, 0.1) is 23.4 Å². The maximum absolute atomic E-state index is 11.3. The van der Waals surface area contributed by atoms with Gasteiger partial charge in [0, 0.05) is 36.5 Å². The van der Waals surface area contributed by atoms with Crippen LogP contribution in [0.3, 0.4) is 0 Å². The summed E-state index contributed by atoms with van der Waals surface area (Å²) in [5, 5.41) is 24.1. The lowest BCUT2D eigenvalue weighted by Crippen LogP contribution is -2.47. The first-order valence-corrected chi connectivity index (χ1v) is 11.5. The highest BCUT2D eigenvalue weighted by molar-refractivity contribution is 6.30. The number of ether oxygens (including phenoxy) is 1. The highest BCUT2D eigenvalue weighted by Gasteiger charge is 2.29. The zero-order chi connectivity index (χ0) is 23.3. The first kappa shape index (κ1) is 24.4. The zero-order valence-corrected chi connectivity index (χ0v) is 19.7. The predicted octanol–water partition coefficient (Wildman–Crippen LogP) is 5.42. The van der Waals surface area contributed by atoms with E-state index < -0.39 is 11.6 Å². The van der Waals surface area contributed by atoms with Gasteiger partial charge in [-0.2, -0.15) is 0 Å². The van der Waals surface area contributed by atoms with E-state index in [1.54, 1.807) is 0 Å². The van der Waals surface area contributed by atoms with Crippen LogP contribution in [0, 0.1) is 0 Å². The number of carboxylic acid groups (broad SMARTS) is 1. The molecule has 1 heterocycles. The van der Waals surface area contributed by atoms with Gasteiger partial charge in [0.1, 0.15) is 0 Å². The summed E-state index contributed by atoms with van der Waals surface area (Å²) in [6.45, 7) is 7.41. The van der Waals surface area contributed by atoms with E-state index in [0.717, 1.165) is 35.5 Å². The topological polar surface area (TPSA) is 82.0 Å². The van der Waals surface area contributed by atoms with Crippen molar-refractivity contribution in [1.29, 1.82) is 0 Å². The fraction of sp³-hybridized carbons (Fsp3) is 0.480. The van der Waals surface area contributed by atoms with Crippen LogP contribution in [0.4, 0.5) is 17.1 Å². The first-order valence-electron chi connectivity index (χ1n) is 11.1. The normalized spacial score (nSPS) is 15.9. The van der Waals surface area contributed by atoms with E-state index in [2.05, 4.69) is 10.2 Å². The zero-order valence-electron chi connectivity index (χ0n) is 19.0. The minimum Gasteiger partial charge on any atom is -0.481 e. The molecule has 0 saturated carbocycles. The maximum atomic E-state index is 11.3. The number of carboxylic acids is 1. The van der Waals surface area contributed by atoms with Gasteiger partial charge in [-0.25, -0.2) is 0 Å². The molecule has 0 bridgehead atoms. The van der Waals surface area contributed by atoms with E-state index in [1.165, 1.54) is 0 Å². The van der Waals surface area contributed by atoms with Crippen LogP contribution >= 0.6 is 11.6 Å². The highest BCUT2D eigenvalue weighted by atomic mass is 35.5. The van der Waals surface area contributed by atoms with Crippen LogP contribution < -0.4 is 10.2 Å². The number of rotatable bonds is 9. The Labute approximate surface area is 195 Å². The number of nitrogens with one attached hydrogen (secondary N) is 1. The SMILES string of the molecule is CC(CC(=O)O)c1ccc(N(CC(C)(C)O)C2CCOCC2)c(Nc2ccc(Cl)cc2)c1. The van der Waals surface area contributed by atoms with Gasteiger partial charge >= 0.3 is 5.97 Å². The van der Waals surface area contributed by atoms with Gasteiger partial charge in [-0.1, -0.05) is 24.6 Å². The van der Waals surface area contributed by atoms with E-state index >= 15 is 0 Å². The van der Waals surface area contributed by atoms with Crippen molar-refractivity contribution in [3.63, 3.8) is 0 Å². The van der Waals surface area contributed by atoms with Crippen LogP contribution in [0.2, 0.25) is 5.02 Å². The molecule has 1 unspecified atom stereocenters. The number of aliphatic hydroxyl groups is 1. The largest absolute Gasteiger partial charge is 0.481 e. The summed E-state index contributed by atoms with van der Waals surface area (Å²) in [4.78, 5) is 13.5.